The van der Waals surface area contributed by atoms with Gasteiger partial charge in [0.1, 0.15) is 6.04 Å². The van der Waals surface area contributed by atoms with Crippen LogP contribution in [0.25, 0.3) is 0 Å². The van der Waals surface area contributed by atoms with Gasteiger partial charge >= 0.3 is 0 Å². The lowest BCUT2D eigenvalue weighted by atomic mass is 10.0. The molecule has 1 atom stereocenters. The number of nitro benzene ring substituents is 1. The largest absolute Gasteiger partial charge is 0.354 e. The zero-order valence-electron chi connectivity index (χ0n) is 16.6. The molecule has 0 saturated carbocycles. The first-order valence-corrected chi connectivity index (χ1v) is 9.65. The molecule has 2 aromatic carbocycles. The maximum atomic E-state index is 12.6. The van der Waals surface area contributed by atoms with E-state index in [4.69, 9.17) is 11.6 Å². The predicted octanol–water partition coefficient (Wildman–Crippen LogP) is 3.67. The molecule has 0 aromatic heterocycles. The van der Waals surface area contributed by atoms with E-state index in [0.717, 1.165) is 17.2 Å². The van der Waals surface area contributed by atoms with Crippen LogP contribution in [0.3, 0.4) is 0 Å². The second-order valence-electron chi connectivity index (χ2n) is 7.15. The number of halogens is 1. The standard InChI is InChI=1S/C21H24ClN3O4/c1-13(2)19(21(27)23-10-9-15-6-4-5-14(3)11-15)24-20(26)17-8-7-16(25(28)29)12-18(17)22/h4-8,11-13,19H,9-10H2,1-3H3,(H,23,27)(H,24,26). The number of benzene rings is 2. The van der Waals surface area contributed by atoms with Crippen LogP contribution < -0.4 is 10.6 Å². The average molecular weight is 418 g/mol. The highest BCUT2D eigenvalue weighted by Gasteiger charge is 2.25. The van der Waals surface area contributed by atoms with Crippen molar-refractivity contribution in [3.05, 3.63) is 74.3 Å². The third kappa shape index (κ3) is 6.29. The quantitative estimate of drug-likeness (QED) is 0.505. The summed E-state index contributed by atoms with van der Waals surface area (Å²) in [6.45, 7) is 6.10. The van der Waals surface area contributed by atoms with Crippen molar-refractivity contribution >= 4 is 29.1 Å². The van der Waals surface area contributed by atoms with E-state index in [2.05, 4.69) is 16.7 Å². The summed E-state index contributed by atoms with van der Waals surface area (Å²) in [4.78, 5) is 35.4. The monoisotopic (exact) mass is 417 g/mol. The Bertz CT molecular complexity index is 915. The van der Waals surface area contributed by atoms with E-state index in [1.807, 2.05) is 39.0 Å². The lowest BCUT2D eigenvalue weighted by molar-refractivity contribution is -0.384. The van der Waals surface area contributed by atoms with Crippen molar-refractivity contribution in [1.82, 2.24) is 10.6 Å². The van der Waals surface area contributed by atoms with Gasteiger partial charge in [-0.25, -0.2) is 0 Å². The van der Waals surface area contributed by atoms with Gasteiger partial charge in [-0.15, -0.1) is 0 Å². The smallest absolute Gasteiger partial charge is 0.270 e. The molecule has 2 aromatic rings. The molecule has 0 fully saturated rings. The average Bonchev–Trinajstić information content (AvgIpc) is 2.65. The van der Waals surface area contributed by atoms with Gasteiger partial charge in [0.05, 0.1) is 15.5 Å². The number of non-ortho nitro benzene ring substituents is 1. The normalized spacial score (nSPS) is 11.8. The Balaban J connectivity index is 2.00. The molecular weight excluding hydrogens is 394 g/mol. The first-order valence-electron chi connectivity index (χ1n) is 9.27. The molecular formula is C21H24ClN3O4. The van der Waals surface area contributed by atoms with E-state index in [0.29, 0.717) is 13.0 Å². The number of rotatable bonds is 8. The van der Waals surface area contributed by atoms with E-state index in [1.54, 1.807) is 0 Å². The van der Waals surface area contributed by atoms with Crippen LogP contribution >= 0.6 is 11.6 Å². The fourth-order valence-corrected chi connectivity index (χ4v) is 3.12. The zero-order valence-corrected chi connectivity index (χ0v) is 17.3. The third-order valence-electron chi connectivity index (χ3n) is 4.44. The van der Waals surface area contributed by atoms with Crippen molar-refractivity contribution < 1.29 is 14.5 Å². The molecule has 0 aliphatic carbocycles. The molecule has 0 spiro atoms. The molecule has 0 radical (unpaired) electrons. The van der Waals surface area contributed by atoms with Crippen molar-refractivity contribution in [3.8, 4) is 0 Å². The number of nitro groups is 1. The maximum Gasteiger partial charge on any atom is 0.270 e. The van der Waals surface area contributed by atoms with Gasteiger partial charge in [-0.1, -0.05) is 55.3 Å². The Morgan fingerprint density at radius 1 is 1.17 bits per heavy atom. The Labute approximate surface area is 174 Å². The number of carbonyl (C=O) groups is 2. The molecule has 0 aliphatic heterocycles. The number of aryl methyl sites for hydroxylation is 1. The Morgan fingerprint density at radius 3 is 2.48 bits per heavy atom. The number of nitrogens with one attached hydrogen (secondary N) is 2. The van der Waals surface area contributed by atoms with E-state index in [9.17, 15) is 19.7 Å². The lowest BCUT2D eigenvalue weighted by Crippen LogP contribution is -2.50. The predicted molar refractivity (Wildman–Crippen MR) is 112 cm³/mol. The van der Waals surface area contributed by atoms with Crippen LogP contribution in [0.15, 0.2) is 42.5 Å². The van der Waals surface area contributed by atoms with Gasteiger partial charge in [-0.3, -0.25) is 19.7 Å². The van der Waals surface area contributed by atoms with Crippen LogP contribution in [0.1, 0.15) is 35.3 Å². The second-order valence-corrected chi connectivity index (χ2v) is 7.55. The minimum atomic E-state index is -0.758. The lowest BCUT2D eigenvalue weighted by Gasteiger charge is -2.22. The van der Waals surface area contributed by atoms with E-state index < -0.39 is 16.9 Å². The molecule has 1 unspecified atom stereocenters. The van der Waals surface area contributed by atoms with Crippen molar-refractivity contribution in [1.29, 1.82) is 0 Å². The van der Waals surface area contributed by atoms with Gasteiger partial charge in [-0.2, -0.15) is 0 Å². The van der Waals surface area contributed by atoms with Crippen LogP contribution in [-0.4, -0.2) is 29.3 Å². The highest BCUT2D eigenvalue weighted by Crippen LogP contribution is 2.22. The Kier molecular flexibility index (Phi) is 7.73. The SMILES string of the molecule is Cc1cccc(CCNC(=O)C(NC(=O)c2ccc([N+](=O)[O-])cc2Cl)C(C)C)c1. The topological polar surface area (TPSA) is 101 Å². The minimum absolute atomic E-state index is 0.0425. The molecule has 0 aliphatic rings. The van der Waals surface area contributed by atoms with Gasteiger partial charge in [-0.05, 0) is 30.9 Å². The molecule has 0 bridgehead atoms. The van der Waals surface area contributed by atoms with Crippen molar-refractivity contribution in [3.63, 3.8) is 0 Å². The molecule has 8 heteroatoms. The summed E-state index contributed by atoms with van der Waals surface area (Å²) in [5.41, 5.74) is 2.14. The van der Waals surface area contributed by atoms with Crippen LogP contribution in [0.2, 0.25) is 5.02 Å². The fourth-order valence-electron chi connectivity index (χ4n) is 2.86. The second kappa shape index (κ2) is 10.0. The summed E-state index contributed by atoms with van der Waals surface area (Å²) in [6, 6.07) is 10.9. The molecule has 154 valence electrons. The molecule has 7 nitrogen and oxygen atoms in total. The molecule has 2 N–H and O–H groups in total. The summed E-state index contributed by atoms with van der Waals surface area (Å²) < 4.78 is 0. The van der Waals surface area contributed by atoms with Gasteiger partial charge < -0.3 is 10.6 Å². The van der Waals surface area contributed by atoms with Crippen LogP contribution in [0.5, 0.6) is 0 Å². The highest BCUT2D eigenvalue weighted by molar-refractivity contribution is 6.34. The van der Waals surface area contributed by atoms with Gasteiger partial charge in [0.25, 0.3) is 11.6 Å². The first kappa shape index (κ1) is 22.4. The molecule has 29 heavy (non-hydrogen) atoms. The third-order valence-corrected chi connectivity index (χ3v) is 4.75. The summed E-state index contributed by atoms with van der Waals surface area (Å²) in [5, 5.41) is 16.3. The number of hydrogen-bond acceptors (Lipinski definition) is 4. The van der Waals surface area contributed by atoms with E-state index in [-0.39, 0.29) is 28.1 Å². The Morgan fingerprint density at radius 2 is 1.90 bits per heavy atom. The van der Waals surface area contributed by atoms with Gasteiger partial charge in [0.2, 0.25) is 5.91 Å². The molecule has 2 amide bonds. The fraction of sp³-hybridized carbons (Fsp3) is 0.333. The first-order chi connectivity index (χ1) is 13.7. The molecule has 0 saturated heterocycles. The van der Waals surface area contributed by atoms with Crippen molar-refractivity contribution in [2.24, 2.45) is 5.92 Å². The maximum absolute atomic E-state index is 12.6. The molecule has 2 rings (SSSR count). The molecule has 0 heterocycles. The summed E-state index contributed by atoms with van der Waals surface area (Å²) in [7, 11) is 0. The summed E-state index contributed by atoms with van der Waals surface area (Å²) >= 11 is 6.01. The number of amides is 2. The van der Waals surface area contributed by atoms with Crippen molar-refractivity contribution in [2.45, 2.75) is 33.2 Å². The van der Waals surface area contributed by atoms with Crippen molar-refractivity contribution in [2.75, 3.05) is 6.54 Å². The number of nitrogens with zero attached hydrogens (tertiary/aromatic N) is 1. The highest BCUT2D eigenvalue weighted by atomic mass is 35.5. The van der Waals surface area contributed by atoms with Gasteiger partial charge in [0.15, 0.2) is 0 Å². The zero-order chi connectivity index (χ0) is 21.6. The van der Waals surface area contributed by atoms with E-state index >= 15 is 0 Å². The van der Waals surface area contributed by atoms with E-state index in [1.165, 1.54) is 12.1 Å². The number of carbonyl (C=O) groups excluding carboxylic acids is 2. The minimum Gasteiger partial charge on any atom is -0.354 e. The Hall–Kier alpha value is -2.93. The van der Waals surface area contributed by atoms with Crippen LogP contribution in [0, 0.1) is 23.0 Å². The number of hydrogen-bond donors (Lipinski definition) is 2. The summed E-state index contributed by atoms with van der Waals surface area (Å²) in [6.07, 6.45) is 0.681. The van der Waals surface area contributed by atoms with Crippen LogP contribution in [0.4, 0.5) is 5.69 Å². The van der Waals surface area contributed by atoms with Gasteiger partial charge in [0, 0.05) is 18.7 Å². The van der Waals surface area contributed by atoms with Crippen LogP contribution in [-0.2, 0) is 11.2 Å². The summed E-state index contributed by atoms with van der Waals surface area (Å²) in [5.74, 6) is -1.01.